The number of aryl methyl sites for hydroxylation is 1. The van der Waals surface area contributed by atoms with E-state index in [9.17, 15) is 4.79 Å². The maximum Gasteiger partial charge on any atom is 0.255 e. The summed E-state index contributed by atoms with van der Waals surface area (Å²) in [5.74, 6) is 0.400. The molecule has 0 saturated heterocycles. The van der Waals surface area contributed by atoms with E-state index in [1.54, 1.807) is 35.5 Å². The molecule has 3 rings (SSSR count). The van der Waals surface area contributed by atoms with Crippen molar-refractivity contribution in [2.75, 3.05) is 0 Å². The molecule has 6 heteroatoms. The number of nitrogens with zero attached hydrogens (tertiary/aromatic N) is 4. The summed E-state index contributed by atoms with van der Waals surface area (Å²) >= 11 is 0. The number of carbonyl (C=O) groups excluding carboxylic acids is 1. The standard InChI is InChI=1S/C20H23N5O/c1-14-8-5-6-9-16(14)25-13-15(12-23-25)19(26)24-17(20(2,3)4)18-21-10-7-11-22-18/h5-13,17H,1-4H3,(H,24,26). The molecule has 134 valence electrons. The van der Waals surface area contributed by atoms with Crippen molar-refractivity contribution >= 4 is 5.91 Å². The van der Waals surface area contributed by atoms with Gasteiger partial charge in [-0.2, -0.15) is 5.10 Å². The van der Waals surface area contributed by atoms with Gasteiger partial charge >= 0.3 is 0 Å². The lowest BCUT2D eigenvalue weighted by Crippen LogP contribution is -2.37. The molecule has 1 aromatic carbocycles. The SMILES string of the molecule is Cc1ccccc1-n1cc(C(=O)NC(c2ncccn2)C(C)(C)C)cn1. The minimum Gasteiger partial charge on any atom is -0.341 e. The Balaban J connectivity index is 1.84. The Kier molecular flexibility index (Phi) is 4.84. The molecular formula is C20H23N5O. The zero-order valence-electron chi connectivity index (χ0n) is 15.5. The van der Waals surface area contributed by atoms with Crippen LogP contribution in [-0.2, 0) is 0 Å². The Labute approximate surface area is 153 Å². The number of amides is 1. The van der Waals surface area contributed by atoms with E-state index in [-0.39, 0.29) is 17.4 Å². The first kappa shape index (κ1) is 17.8. The van der Waals surface area contributed by atoms with Crippen LogP contribution in [0.1, 0.15) is 48.6 Å². The highest BCUT2D eigenvalue weighted by atomic mass is 16.1. The second-order valence-corrected chi connectivity index (χ2v) is 7.34. The van der Waals surface area contributed by atoms with E-state index in [2.05, 4.69) is 20.4 Å². The number of hydrogen-bond donors (Lipinski definition) is 1. The first-order valence-electron chi connectivity index (χ1n) is 8.55. The van der Waals surface area contributed by atoms with E-state index >= 15 is 0 Å². The number of carbonyl (C=O) groups is 1. The summed E-state index contributed by atoms with van der Waals surface area (Å²) in [5.41, 5.74) is 2.31. The number of benzene rings is 1. The van der Waals surface area contributed by atoms with Gasteiger partial charge in [0, 0.05) is 18.6 Å². The van der Waals surface area contributed by atoms with Crippen LogP contribution < -0.4 is 5.32 Å². The van der Waals surface area contributed by atoms with Crippen LogP contribution >= 0.6 is 0 Å². The van der Waals surface area contributed by atoms with Crippen LogP contribution in [0.2, 0.25) is 0 Å². The largest absolute Gasteiger partial charge is 0.341 e. The van der Waals surface area contributed by atoms with Gasteiger partial charge in [0.1, 0.15) is 0 Å². The van der Waals surface area contributed by atoms with E-state index in [1.807, 2.05) is 52.0 Å². The average molecular weight is 349 g/mol. The number of nitrogens with one attached hydrogen (secondary N) is 1. The van der Waals surface area contributed by atoms with Crippen LogP contribution in [0.5, 0.6) is 0 Å². The minimum absolute atomic E-state index is 0.197. The fraction of sp³-hybridized carbons (Fsp3) is 0.300. The third-order valence-corrected chi connectivity index (χ3v) is 4.19. The number of hydrogen-bond acceptors (Lipinski definition) is 4. The van der Waals surface area contributed by atoms with Crippen LogP contribution in [0.15, 0.2) is 55.1 Å². The lowest BCUT2D eigenvalue weighted by Gasteiger charge is -2.29. The summed E-state index contributed by atoms with van der Waals surface area (Å²) in [5, 5.41) is 7.39. The van der Waals surface area contributed by atoms with Crippen molar-refractivity contribution in [2.45, 2.75) is 33.7 Å². The molecule has 0 bridgehead atoms. The van der Waals surface area contributed by atoms with Crippen molar-refractivity contribution in [1.29, 1.82) is 0 Å². The van der Waals surface area contributed by atoms with Crippen molar-refractivity contribution in [3.05, 3.63) is 72.1 Å². The molecule has 0 fully saturated rings. The van der Waals surface area contributed by atoms with Gasteiger partial charge in [-0.15, -0.1) is 0 Å². The summed E-state index contributed by atoms with van der Waals surface area (Å²) in [4.78, 5) is 21.4. The number of aromatic nitrogens is 4. The number of rotatable bonds is 4. The molecule has 2 aromatic heterocycles. The predicted octanol–water partition coefficient (Wildman–Crippen LogP) is 3.49. The molecule has 6 nitrogen and oxygen atoms in total. The van der Waals surface area contributed by atoms with Crippen LogP contribution in [0.3, 0.4) is 0 Å². The zero-order chi connectivity index (χ0) is 18.7. The molecule has 0 spiro atoms. The number of para-hydroxylation sites is 1. The normalized spacial score (nSPS) is 12.6. The monoisotopic (exact) mass is 349 g/mol. The summed E-state index contributed by atoms with van der Waals surface area (Å²) < 4.78 is 1.72. The molecule has 1 unspecified atom stereocenters. The predicted molar refractivity (Wildman–Crippen MR) is 100.0 cm³/mol. The minimum atomic E-state index is -0.307. The van der Waals surface area contributed by atoms with E-state index in [4.69, 9.17) is 0 Å². The molecule has 26 heavy (non-hydrogen) atoms. The van der Waals surface area contributed by atoms with Crippen molar-refractivity contribution < 1.29 is 4.79 Å². The third-order valence-electron chi connectivity index (χ3n) is 4.19. The van der Waals surface area contributed by atoms with E-state index in [0.717, 1.165) is 11.3 Å². The first-order chi connectivity index (χ1) is 12.4. The van der Waals surface area contributed by atoms with Crippen LogP contribution in [0, 0.1) is 12.3 Å². The van der Waals surface area contributed by atoms with E-state index in [0.29, 0.717) is 11.4 Å². The molecule has 1 N–H and O–H groups in total. The quantitative estimate of drug-likeness (QED) is 0.782. The van der Waals surface area contributed by atoms with Crippen LogP contribution in [0.4, 0.5) is 0 Å². The fourth-order valence-electron chi connectivity index (χ4n) is 2.73. The molecule has 0 aliphatic rings. The van der Waals surface area contributed by atoms with Crippen molar-refractivity contribution in [3.63, 3.8) is 0 Å². The van der Waals surface area contributed by atoms with Gasteiger partial charge < -0.3 is 5.32 Å². The van der Waals surface area contributed by atoms with Crippen molar-refractivity contribution in [3.8, 4) is 5.69 Å². The molecule has 2 heterocycles. The van der Waals surface area contributed by atoms with E-state index < -0.39 is 0 Å². The lowest BCUT2D eigenvalue weighted by atomic mass is 9.86. The lowest BCUT2D eigenvalue weighted by molar-refractivity contribution is 0.0897. The van der Waals surface area contributed by atoms with Crippen LogP contribution in [0.25, 0.3) is 5.69 Å². The Morgan fingerprint density at radius 1 is 1.12 bits per heavy atom. The molecule has 0 saturated carbocycles. The second kappa shape index (κ2) is 7.07. The Morgan fingerprint density at radius 3 is 2.46 bits per heavy atom. The highest BCUT2D eigenvalue weighted by Gasteiger charge is 2.30. The zero-order valence-corrected chi connectivity index (χ0v) is 15.5. The average Bonchev–Trinajstić information content (AvgIpc) is 3.09. The summed E-state index contributed by atoms with van der Waals surface area (Å²) in [6, 6.07) is 9.37. The van der Waals surface area contributed by atoms with Gasteiger partial charge in [0.15, 0.2) is 5.82 Å². The van der Waals surface area contributed by atoms with Gasteiger partial charge in [0.05, 0.1) is 23.5 Å². The van der Waals surface area contributed by atoms with Crippen molar-refractivity contribution in [2.24, 2.45) is 5.41 Å². The molecule has 0 aliphatic heterocycles. The fourth-order valence-corrected chi connectivity index (χ4v) is 2.73. The van der Waals surface area contributed by atoms with E-state index in [1.165, 1.54) is 0 Å². The smallest absolute Gasteiger partial charge is 0.255 e. The molecular weight excluding hydrogens is 326 g/mol. The van der Waals surface area contributed by atoms with Gasteiger partial charge in [0.2, 0.25) is 0 Å². The molecule has 1 amide bonds. The second-order valence-electron chi connectivity index (χ2n) is 7.34. The highest BCUT2D eigenvalue weighted by Crippen LogP contribution is 2.30. The Hall–Kier alpha value is -3.02. The summed E-state index contributed by atoms with van der Waals surface area (Å²) in [7, 11) is 0. The van der Waals surface area contributed by atoms with Gasteiger partial charge in [-0.05, 0) is 30.0 Å². The highest BCUT2D eigenvalue weighted by molar-refractivity contribution is 5.94. The summed E-state index contributed by atoms with van der Waals surface area (Å²) in [6.45, 7) is 8.15. The molecule has 1 atom stereocenters. The van der Waals surface area contributed by atoms with Gasteiger partial charge in [-0.1, -0.05) is 39.0 Å². The maximum absolute atomic E-state index is 12.8. The summed E-state index contributed by atoms with van der Waals surface area (Å²) in [6.07, 6.45) is 6.68. The topological polar surface area (TPSA) is 72.7 Å². The van der Waals surface area contributed by atoms with Crippen LogP contribution in [-0.4, -0.2) is 25.7 Å². The molecule has 3 aromatic rings. The van der Waals surface area contributed by atoms with Gasteiger partial charge in [0.25, 0.3) is 5.91 Å². The van der Waals surface area contributed by atoms with Gasteiger partial charge in [-0.3, -0.25) is 4.79 Å². The Bertz CT molecular complexity index is 896. The molecule has 0 radical (unpaired) electrons. The molecule has 0 aliphatic carbocycles. The maximum atomic E-state index is 12.8. The third kappa shape index (κ3) is 3.79. The van der Waals surface area contributed by atoms with Crippen molar-refractivity contribution in [1.82, 2.24) is 25.1 Å². The Morgan fingerprint density at radius 2 is 1.81 bits per heavy atom. The van der Waals surface area contributed by atoms with Gasteiger partial charge in [-0.25, -0.2) is 14.6 Å². The first-order valence-corrected chi connectivity index (χ1v) is 8.55.